The lowest BCUT2D eigenvalue weighted by Crippen LogP contribution is -2.63. The van der Waals surface area contributed by atoms with Gasteiger partial charge in [-0.3, -0.25) is 0 Å². The number of para-hydroxylation sites is 1. The Morgan fingerprint density at radius 3 is 2.77 bits per heavy atom. The van der Waals surface area contributed by atoms with E-state index < -0.39 is 0 Å². The van der Waals surface area contributed by atoms with Crippen molar-refractivity contribution in [1.29, 1.82) is 0 Å². The molecule has 2 bridgehead atoms. The van der Waals surface area contributed by atoms with Gasteiger partial charge >= 0.3 is 0 Å². The summed E-state index contributed by atoms with van der Waals surface area (Å²) < 4.78 is 1.77. The van der Waals surface area contributed by atoms with Crippen molar-refractivity contribution in [3.63, 3.8) is 0 Å². The fraction of sp³-hybridized carbons (Fsp3) is 0.312. The molecule has 3 N–H and O–H groups in total. The number of aromatic nitrogens is 4. The van der Waals surface area contributed by atoms with Crippen LogP contribution in [0.3, 0.4) is 0 Å². The van der Waals surface area contributed by atoms with Crippen LogP contribution in [0.25, 0.3) is 16.9 Å². The summed E-state index contributed by atoms with van der Waals surface area (Å²) in [6, 6.07) is 7.75. The van der Waals surface area contributed by atoms with Crippen molar-refractivity contribution < 1.29 is 0 Å². The van der Waals surface area contributed by atoms with E-state index in [9.17, 15) is 0 Å². The molecule has 6 rings (SSSR count). The molecule has 2 heterocycles. The highest BCUT2D eigenvalue weighted by Crippen LogP contribution is 2.58. The number of hydrogen-bond donors (Lipinski definition) is 2. The van der Waals surface area contributed by atoms with Gasteiger partial charge in [-0.2, -0.15) is 5.10 Å². The van der Waals surface area contributed by atoms with E-state index in [4.69, 9.17) is 10.7 Å². The monoisotopic (exact) mass is 292 g/mol. The summed E-state index contributed by atoms with van der Waals surface area (Å²) in [6.45, 7) is 0. The number of rotatable bonds is 3. The largest absolute Gasteiger partial charge is 0.398 e. The van der Waals surface area contributed by atoms with Crippen LogP contribution in [-0.2, 0) is 0 Å². The van der Waals surface area contributed by atoms with Gasteiger partial charge in [-0.05, 0) is 31.2 Å². The SMILES string of the molecule is Nc1ccccc1-c1cn2ncnc2c(NC23CC(C2)C3)n1. The summed E-state index contributed by atoms with van der Waals surface area (Å²) in [5.41, 5.74) is 9.54. The molecule has 0 atom stereocenters. The minimum absolute atomic E-state index is 0.241. The zero-order valence-electron chi connectivity index (χ0n) is 12.0. The summed E-state index contributed by atoms with van der Waals surface area (Å²) in [7, 11) is 0. The molecule has 3 fully saturated rings. The topological polar surface area (TPSA) is 81.1 Å². The lowest BCUT2D eigenvalue weighted by atomic mass is 9.50. The maximum absolute atomic E-state index is 6.09. The highest BCUT2D eigenvalue weighted by molar-refractivity contribution is 5.76. The molecule has 0 aliphatic heterocycles. The molecule has 6 heteroatoms. The molecule has 0 unspecified atom stereocenters. The van der Waals surface area contributed by atoms with Crippen LogP contribution in [0.2, 0.25) is 0 Å². The number of nitrogens with one attached hydrogen (secondary N) is 1. The molecular formula is C16H16N6. The van der Waals surface area contributed by atoms with E-state index in [-0.39, 0.29) is 5.54 Å². The highest BCUT2D eigenvalue weighted by atomic mass is 15.3. The fourth-order valence-electron chi connectivity index (χ4n) is 3.66. The highest BCUT2D eigenvalue weighted by Gasteiger charge is 2.57. The third-order valence-corrected chi connectivity index (χ3v) is 4.92. The standard InChI is InChI=1S/C16H16N6/c17-12-4-2-1-3-11(12)13-8-22-15(18-9-19-22)14(20-13)21-16-5-10(6-16)7-16/h1-4,8-10H,5-7,17H2,(H,20,21). The number of hydrogen-bond acceptors (Lipinski definition) is 5. The van der Waals surface area contributed by atoms with E-state index in [1.165, 1.54) is 19.3 Å². The van der Waals surface area contributed by atoms with Crippen molar-refractivity contribution in [2.24, 2.45) is 5.92 Å². The Hall–Kier alpha value is -2.63. The van der Waals surface area contributed by atoms with Gasteiger partial charge in [-0.25, -0.2) is 14.5 Å². The van der Waals surface area contributed by atoms with Gasteiger partial charge in [0.1, 0.15) is 6.33 Å². The van der Waals surface area contributed by atoms with Gasteiger partial charge in [-0.15, -0.1) is 0 Å². The molecule has 3 saturated carbocycles. The van der Waals surface area contributed by atoms with E-state index in [0.29, 0.717) is 5.69 Å². The molecular weight excluding hydrogens is 276 g/mol. The second kappa shape index (κ2) is 3.97. The summed E-state index contributed by atoms with van der Waals surface area (Å²) >= 11 is 0. The quantitative estimate of drug-likeness (QED) is 0.724. The molecule has 22 heavy (non-hydrogen) atoms. The Bertz CT molecular complexity index is 866. The molecule has 0 radical (unpaired) electrons. The maximum Gasteiger partial charge on any atom is 0.198 e. The van der Waals surface area contributed by atoms with E-state index in [1.54, 1.807) is 10.8 Å². The molecule has 2 aromatic heterocycles. The van der Waals surface area contributed by atoms with Crippen LogP contribution in [-0.4, -0.2) is 25.1 Å². The van der Waals surface area contributed by atoms with Crippen LogP contribution in [0.4, 0.5) is 11.5 Å². The van der Waals surface area contributed by atoms with Crippen molar-refractivity contribution in [3.05, 3.63) is 36.8 Å². The Kier molecular flexibility index (Phi) is 2.16. The first-order valence-corrected chi connectivity index (χ1v) is 7.56. The van der Waals surface area contributed by atoms with Crippen molar-refractivity contribution in [2.75, 3.05) is 11.1 Å². The predicted molar refractivity (Wildman–Crippen MR) is 84.3 cm³/mol. The van der Waals surface area contributed by atoms with Crippen molar-refractivity contribution in [3.8, 4) is 11.3 Å². The van der Waals surface area contributed by atoms with Gasteiger partial charge in [0.15, 0.2) is 11.5 Å². The summed E-state index contributed by atoms with van der Waals surface area (Å²) in [6.07, 6.45) is 7.16. The van der Waals surface area contributed by atoms with Crippen LogP contribution in [0, 0.1) is 5.92 Å². The zero-order valence-corrected chi connectivity index (χ0v) is 12.0. The van der Waals surface area contributed by atoms with Crippen LogP contribution in [0.5, 0.6) is 0 Å². The van der Waals surface area contributed by atoms with E-state index in [1.807, 2.05) is 30.5 Å². The minimum atomic E-state index is 0.241. The Morgan fingerprint density at radius 1 is 1.23 bits per heavy atom. The molecule has 3 aliphatic carbocycles. The molecule has 3 aliphatic rings. The van der Waals surface area contributed by atoms with Gasteiger partial charge in [0.05, 0.1) is 11.9 Å². The van der Waals surface area contributed by atoms with Crippen LogP contribution in [0.15, 0.2) is 36.8 Å². The van der Waals surface area contributed by atoms with Crippen molar-refractivity contribution in [2.45, 2.75) is 24.8 Å². The summed E-state index contributed by atoms with van der Waals surface area (Å²) in [4.78, 5) is 9.11. The van der Waals surface area contributed by atoms with Crippen molar-refractivity contribution in [1.82, 2.24) is 19.6 Å². The van der Waals surface area contributed by atoms with E-state index in [2.05, 4.69) is 15.4 Å². The van der Waals surface area contributed by atoms with Crippen LogP contribution in [0.1, 0.15) is 19.3 Å². The first kappa shape index (κ1) is 12.0. The minimum Gasteiger partial charge on any atom is -0.398 e. The average molecular weight is 292 g/mol. The molecule has 0 spiro atoms. The lowest BCUT2D eigenvalue weighted by Gasteiger charge is -2.62. The van der Waals surface area contributed by atoms with Gasteiger partial charge < -0.3 is 11.1 Å². The second-order valence-corrected chi connectivity index (χ2v) is 6.47. The normalized spacial score (nSPS) is 25.5. The van der Waals surface area contributed by atoms with E-state index >= 15 is 0 Å². The number of nitrogen functional groups attached to an aromatic ring is 1. The smallest absolute Gasteiger partial charge is 0.198 e. The molecule has 6 nitrogen and oxygen atoms in total. The number of benzene rings is 1. The Balaban J connectivity index is 1.65. The summed E-state index contributed by atoms with van der Waals surface area (Å²) in [5, 5.41) is 7.87. The average Bonchev–Trinajstić information content (AvgIpc) is 2.90. The number of nitrogens with two attached hydrogens (primary N) is 1. The van der Waals surface area contributed by atoms with Crippen LogP contribution < -0.4 is 11.1 Å². The van der Waals surface area contributed by atoms with Gasteiger partial charge in [0.25, 0.3) is 0 Å². The summed E-state index contributed by atoms with van der Waals surface area (Å²) in [5.74, 6) is 1.71. The first-order valence-electron chi connectivity index (χ1n) is 7.56. The number of nitrogens with zero attached hydrogens (tertiary/aromatic N) is 4. The Morgan fingerprint density at radius 2 is 2.05 bits per heavy atom. The van der Waals surface area contributed by atoms with Crippen LogP contribution >= 0.6 is 0 Å². The van der Waals surface area contributed by atoms with Gasteiger partial charge in [0.2, 0.25) is 0 Å². The molecule has 1 aromatic carbocycles. The molecule has 3 aromatic rings. The second-order valence-electron chi connectivity index (χ2n) is 6.47. The number of anilines is 2. The zero-order chi connectivity index (χ0) is 14.7. The number of fused-ring (bicyclic) bond motifs is 1. The van der Waals surface area contributed by atoms with Gasteiger partial charge in [-0.1, -0.05) is 18.2 Å². The van der Waals surface area contributed by atoms with Gasteiger partial charge in [0, 0.05) is 16.8 Å². The predicted octanol–water partition coefficient (Wildman–Crippen LogP) is 2.34. The third-order valence-electron chi connectivity index (χ3n) is 4.92. The van der Waals surface area contributed by atoms with Crippen molar-refractivity contribution >= 4 is 17.2 Å². The van der Waals surface area contributed by atoms with E-state index in [0.717, 1.165) is 28.6 Å². The lowest BCUT2D eigenvalue weighted by molar-refractivity contribution is 0.00189. The third kappa shape index (κ3) is 1.57. The Labute approximate surface area is 127 Å². The first-order chi connectivity index (χ1) is 10.7. The molecule has 0 amide bonds. The molecule has 110 valence electrons. The fourth-order valence-corrected chi connectivity index (χ4v) is 3.66. The molecule has 0 saturated heterocycles. The maximum atomic E-state index is 6.09.